The topological polar surface area (TPSA) is 33.7 Å². The van der Waals surface area contributed by atoms with Gasteiger partial charge in [-0.15, -0.1) is 0 Å². The van der Waals surface area contributed by atoms with E-state index in [4.69, 9.17) is 9.47 Å². The fourth-order valence-electron chi connectivity index (χ4n) is 3.94. The second kappa shape index (κ2) is 6.50. The third-order valence-corrected chi connectivity index (χ3v) is 5.40. The second-order valence-electron chi connectivity index (χ2n) is 7.50. The number of hydrogen-bond acceptors (Lipinski definition) is 4. The van der Waals surface area contributed by atoms with E-state index in [9.17, 15) is 0 Å². The molecule has 1 aromatic carbocycles. The molecule has 0 atom stereocenters. The van der Waals surface area contributed by atoms with Crippen LogP contribution in [0.1, 0.15) is 46.0 Å². The molecular formula is C19H30N2O2. The smallest absolute Gasteiger partial charge is 0.162 e. The number of hydrogen-bond donors (Lipinski definition) is 1. The molecule has 0 aromatic heterocycles. The Labute approximate surface area is 140 Å². The summed E-state index contributed by atoms with van der Waals surface area (Å²) in [4.78, 5) is 2.58. The van der Waals surface area contributed by atoms with Crippen LogP contribution in [0.4, 0.5) is 11.4 Å². The minimum Gasteiger partial charge on any atom is -0.493 e. The maximum atomic E-state index is 5.53. The Bertz CT molecular complexity index is 551. The van der Waals surface area contributed by atoms with Crippen LogP contribution in [0.2, 0.25) is 0 Å². The van der Waals surface area contributed by atoms with E-state index < -0.39 is 0 Å². The number of benzene rings is 1. The highest BCUT2D eigenvalue weighted by atomic mass is 16.5. The molecule has 4 nitrogen and oxygen atoms in total. The molecule has 0 spiro atoms. The van der Waals surface area contributed by atoms with Gasteiger partial charge in [0.15, 0.2) is 11.5 Å². The van der Waals surface area contributed by atoms with Crippen molar-refractivity contribution < 1.29 is 9.47 Å². The van der Waals surface area contributed by atoms with Crippen molar-refractivity contribution in [1.29, 1.82) is 0 Å². The minimum atomic E-state index is 0.101. The van der Waals surface area contributed by atoms with Crippen LogP contribution >= 0.6 is 0 Å². The van der Waals surface area contributed by atoms with Gasteiger partial charge in [-0.2, -0.15) is 0 Å². The second-order valence-corrected chi connectivity index (χ2v) is 7.50. The molecule has 0 amide bonds. The first-order chi connectivity index (χ1) is 11.0. The Morgan fingerprint density at radius 3 is 2.39 bits per heavy atom. The van der Waals surface area contributed by atoms with Crippen LogP contribution in [-0.4, -0.2) is 32.8 Å². The van der Waals surface area contributed by atoms with Gasteiger partial charge in [0, 0.05) is 25.2 Å². The zero-order chi connectivity index (χ0) is 16.4. The Kier molecular flexibility index (Phi) is 4.60. The summed E-state index contributed by atoms with van der Waals surface area (Å²) in [7, 11) is 3.40. The normalized spacial score (nSPS) is 20.6. The molecule has 1 aliphatic heterocycles. The maximum Gasteiger partial charge on any atom is 0.162 e. The molecule has 0 radical (unpaired) electrons. The molecular weight excluding hydrogens is 288 g/mol. The van der Waals surface area contributed by atoms with E-state index >= 15 is 0 Å². The summed E-state index contributed by atoms with van der Waals surface area (Å²) in [6.07, 6.45) is 6.90. The number of nitrogens with one attached hydrogen (secondary N) is 1. The van der Waals surface area contributed by atoms with Gasteiger partial charge in [-0.05, 0) is 32.6 Å². The van der Waals surface area contributed by atoms with Crippen molar-refractivity contribution in [3.05, 3.63) is 12.1 Å². The molecule has 0 unspecified atom stereocenters. The molecule has 128 valence electrons. The van der Waals surface area contributed by atoms with Gasteiger partial charge < -0.3 is 19.7 Å². The number of methoxy groups -OCH3 is 2. The first kappa shape index (κ1) is 16.3. The maximum absolute atomic E-state index is 5.53. The van der Waals surface area contributed by atoms with E-state index in [-0.39, 0.29) is 5.54 Å². The van der Waals surface area contributed by atoms with Crippen molar-refractivity contribution in [2.45, 2.75) is 51.5 Å². The Morgan fingerprint density at radius 1 is 1.09 bits per heavy atom. The van der Waals surface area contributed by atoms with Crippen molar-refractivity contribution in [3.8, 4) is 11.5 Å². The number of rotatable bonds is 4. The standard InChI is InChI=1S/C19H30N2O2/c1-19(2)13-20-15-10-17(22-3)18(23-4)11-16(15)21(19)12-14-8-6-5-7-9-14/h10-11,14,20H,5-9,12-13H2,1-4H3. The van der Waals surface area contributed by atoms with Gasteiger partial charge in [-0.3, -0.25) is 0 Å². The van der Waals surface area contributed by atoms with Crippen LogP contribution in [0.3, 0.4) is 0 Å². The lowest BCUT2D eigenvalue weighted by molar-refractivity contribution is 0.329. The molecule has 1 heterocycles. The summed E-state index contributed by atoms with van der Waals surface area (Å²) < 4.78 is 11.0. The van der Waals surface area contributed by atoms with Gasteiger partial charge in [0.1, 0.15) is 0 Å². The molecule has 1 fully saturated rings. The van der Waals surface area contributed by atoms with Crippen LogP contribution in [0.25, 0.3) is 0 Å². The van der Waals surface area contributed by atoms with E-state index in [0.717, 1.165) is 36.2 Å². The Balaban J connectivity index is 1.94. The summed E-state index contributed by atoms with van der Waals surface area (Å²) in [5, 5.41) is 3.57. The summed E-state index contributed by atoms with van der Waals surface area (Å²) >= 11 is 0. The molecule has 4 heteroatoms. The molecule has 23 heavy (non-hydrogen) atoms. The number of nitrogens with zero attached hydrogens (tertiary/aromatic N) is 1. The van der Waals surface area contributed by atoms with Crippen molar-refractivity contribution in [2.24, 2.45) is 5.92 Å². The molecule has 0 bridgehead atoms. The summed E-state index contributed by atoms with van der Waals surface area (Å²) in [5.74, 6) is 2.40. The van der Waals surface area contributed by atoms with Gasteiger partial charge in [-0.1, -0.05) is 19.3 Å². The van der Waals surface area contributed by atoms with Crippen LogP contribution in [0.15, 0.2) is 12.1 Å². The van der Waals surface area contributed by atoms with Gasteiger partial charge >= 0.3 is 0 Å². The molecule has 1 aliphatic carbocycles. The summed E-state index contributed by atoms with van der Waals surface area (Å²) in [5.41, 5.74) is 2.49. The van der Waals surface area contributed by atoms with Gasteiger partial charge in [0.25, 0.3) is 0 Å². The number of ether oxygens (including phenoxy) is 2. The van der Waals surface area contributed by atoms with Crippen molar-refractivity contribution in [2.75, 3.05) is 37.5 Å². The molecule has 1 aromatic rings. The summed E-state index contributed by atoms with van der Waals surface area (Å²) in [6, 6.07) is 4.20. The molecule has 2 aliphatic rings. The fraction of sp³-hybridized carbons (Fsp3) is 0.684. The lowest BCUT2D eigenvalue weighted by atomic mass is 9.86. The average molecular weight is 318 g/mol. The fourth-order valence-corrected chi connectivity index (χ4v) is 3.94. The van der Waals surface area contributed by atoms with Crippen molar-refractivity contribution in [3.63, 3.8) is 0 Å². The van der Waals surface area contributed by atoms with Crippen LogP contribution in [-0.2, 0) is 0 Å². The molecule has 0 saturated heterocycles. The zero-order valence-corrected chi connectivity index (χ0v) is 14.9. The highest BCUT2D eigenvalue weighted by Crippen LogP contribution is 2.44. The van der Waals surface area contributed by atoms with Gasteiger partial charge in [0.2, 0.25) is 0 Å². The largest absolute Gasteiger partial charge is 0.493 e. The molecule has 1 N–H and O–H groups in total. The van der Waals surface area contributed by atoms with Gasteiger partial charge in [0.05, 0.1) is 31.1 Å². The minimum absolute atomic E-state index is 0.101. The van der Waals surface area contributed by atoms with Crippen LogP contribution in [0, 0.1) is 5.92 Å². The molecule has 1 saturated carbocycles. The Morgan fingerprint density at radius 2 is 1.74 bits per heavy atom. The SMILES string of the molecule is COc1cc2c(cc1OC)N(CC1CCCCC1)C(C)(C)CN2. The quantitative estimate of drug-likeness (QED) is 0.897. The van der Waals surface area contributed by atoms with E-state index in [2.05, 4.69) is 36.2 Å². The number of fused-ring (bicyclic) bond motifs is 1. The lowest BCUT2D eigenvalue weighted by Crippen LogP contribution is -2.54. The van der Waals surface area contributed by atoms with Crippen molar-refractivity contribution in [1.82, 2.24) is 0 Å². The van der Waals surface area contributed by atoms with Gasteiger partial charge in [-0.25, -0.2) is 0 Å². The van der Waals surface area contributed by atoms with Crippen LogP contribution in [0.5, 0.6) is 11.5 Å². The first-order valence-corrected chi connectivity index (χ1v) is 8.82. The first-order valence-electron chi connectivity index (χ1n) is 8.82. The summed E-state index contributed by atoms with van der Waals surface area (Å²) in [6.45, 7) is 6.73. The highest BCUT2D eigenvalue weighted by molar-refractivity contribution is 5.78. The predicted octanol–water partition coefficient (Wildman–Crippen LogP) is 4.29. The van der Waals surface area contributed by atoms with Crippen molar-refractivity contribution >= 4 is 11.4 Å². The average Bonchev–Trinajstić information content (AvgIpc) is 2.57. The molecule has 3 rings (SSSR count). The predicted molar refractivity (Wildman–Crippen MR) is 96.0 cm³/mol. The Hall–Kier alpha value is -1.58. The highest BCUT2D eigenvalue weighted by Gasteiger charge is 2.35. The number of anilines is 2. The zero-order valence-electron chi connectivity index (χ0n) is 14.9. The third-order valence-electron chi connectivity index (χ3n) is 5.40. The van der Waals surface area contributed by atoms with Crippen LogP contribution < -0.4 is 19.7 Å². The van der Waals surface area contributed by atoms with E-state index in [1.807, 2.05) is 0 Å². The lowest BCUT2D eigenvalue weighted by Gasteiger charge is -2.47. The van der Waals surface area contributed by atoms with E-state index in [1.165, 1.54) is 37.8 Å². The monoisotopic (exact) mass is 318 g/mol. The van der Waals surface area contributed by atoms with E-state index in [0.29, 0.717) is 0 Å². The third kappa shape index (κ3) is 3.22. The van der Waals surface area contributed by atoms with E-state index in [1.54, 1.807) is 14.2 Å².